The van der Waals surface area contributed by atoms with E-state index in [9.17, 15) is 4.39 Å². The number of aryl methyl sites for hydroxylation is 1. The van der Waals surface area contributed by atoms with Gasteiger partial charge in [0.15, 0.2) is 0 Å². The first-order valence-electron chi connectivity index (χ1n) is 6.77. The highest BCUT2D eigenvalue weighted by Gasteiger charge is 2.23. The largest absolute Gasteiger partial charge is 0.312 e. The van der Waals surface area contributed by atoms with Crippen LogP contribution in [-0.2, 0) is 12.8 Å². The van der Waals surface area contributed by atoms with Crippen LogP contribution in [0.4, 0.5) is 4.39 Å². The van der Waals surface area contributed by atoms with Crippen LogP contribution in [0.15, 0.2) is 18.2 Å². The Labute approximate surface area is 127 Å². The van der Waals surface area contributed by atoms with Gasteiger partial charge in [0, 0.05) is 21.9 Å². The van der Waals surface area contributed by atoms with E-state index < -0.39 is 0 Å². The molecule has 2 nitrogen and oxygen atoms in total. The molecule has 0 saturated heterocycles. The predicted molar refractivity (Wildman–Crippen MR) is 81.1 cm³/mol. The summed E-state index contributed by atoms with van der Waals surface area (Å²) in [6.45, 7) is 0. The SMILES string of the molecule is CNC1CCCc2sc(Cc3c(F)cccc3Cl)nc21. The van der Waals surface area contributed by atoms with Crippen LogP contribution in [0.3, 0.4) is 0 Å². The Kier molecular flexibility index (Phi) is 4.06. The van der Waals surface area contributed by atoms with Crippen molar-refractivity contribution in [3.8, 4) is 0 Å². The van der Waals surface area contributed by atoms with Crippen LogP contribution in [0, 0.1) is 5.82 Å². The molecule has 0 aliphatic heterocycles. The molecular formula is C15H16ClFN2S. The van der Waals surface area contributed by atoms with Crippen LogP contribution < -0.4 is 5.32 Å². The summed E-state index contributed by atoms with van der Waals surface area (Å²) >= 11 is 7.78. The first-order chi connectivity index (χ1) is 9.69. The fraction of sp³-hybridized carbons (Fsp3) is 0.400. The smallest absolute Gasteiger partial charge is 0.128 e. The van der Waals surface area contributed by atoms with Crippen molar-refractivity contribution in [2.24, 2.45) is 0 Å². The van der Waals surface area contributed by atoms with Crippen LogP contribution in [-0.4, -0.2) is 12.0 Å². The highest BCUT2D eigenvalue weighted by Crippen LogP contribution is 2.34. The Bertz CT molecular complexity index is 606. The molecule has 1 aliphatic carbocycles. The van der Waals surface area contributed by atoms with Crippen LogP contribution >= 0.6 is 22.9 Å². The second kappa shape index (κ2) is 5.80. The molecule has 0 spiro atoms. The number of fused-ring (bicyclic) bond motifs is 1. The topological polar surface area (TPSA) is 24.9 Å². The van der Waals surface area contributed by atoms with Crippen LogP contribution in [0.1, 0.15) is 40.0 Å². The zero-order chi connectivity index (χ0) is 14.1. The third kappa shape index (κ3) is 2.60. The molecule has 1 aromatic carbocycles. The van der Waals surface area contributed by atoms with Crippen molar-refractivity contribution in [1.29, 1.82) is 0 Å². The minimum atomic E-state index is -0.254. The minimum absolute atomic E-state index is 0.254. The number of nitrogens with one attached hydrogen (secondary N) is 1. The van der Waals surface area contributed by atoms with Crippen molar-refractivity contribution < 1.29 is 4.39 Å². The molecule has 1 unspecified atom stereocenters. The fourth-order valence-corrected chi connectivity index (χ4v) is 4.09. The molecule has 1 aromatic heterocycles. The van der Waals surface area contributed by atoms with E-state index in [1.54, 1.807) is 23.5 Å². The number of rotatable bonds is 3. The molecule has 0 bridgehead atoms. The maximum atomic E-state index is 13.8. The third-order valence-corrected chi connectivity index (χ3v) is 5.22. The number of hydrogen-bond donors (Lipinski definition) is 1. The second-order valence-electron chi connectivity index (χ2n) is 5.03. The van der Waals surface area contributed by atoms with Crippen molar-refractivity contribution in [3.05, 3.63) is 50.2 Å². The van der Waals surface area contributed by atoms with E-state index in [-0.39, 0.29) is 5.82 Å². The Morgan fingerprint density at radius 2 is 2.35 bits per heavy atom. The first kappa shape index (κ1) is 14.0. The Morgan fingerprint density at radius 3 is 3.10 bits per heavy atom. The number of benzene rings is 1. The van der Waals surface area contributed by atoms with Gasteiger partial charge < -0.3 is 5.32 Å². The number of hydrogen-bond acceptors (Lipinski definition) is 3. The third-order valence-electron chi connectivity index (χ3n) is 3.74. The minimum Gasteiger partial charge on any atom is -0.312 e. The summed E-state index contributed by atoms with van der Waals surface area (Å²) in [5.74, 6) is -0.254. The molecule has 0 fully saturated rings. The molecule has 1 atom stereocenters. The summed E-state index contributed by atoms with van der Waals surface area (Å²) in [6.07, 6.45) is 3.85. The van der Waals surface area contributed by atoms with Crippen molar-refractivity contribution >= 4 is 22.9 Å². The van der Waals surface area contributed by atoms with Gasteiger partial charge in [-0.25, -0.2) is 9.37 Å². The van der Waals surface area contributed by atoms with E-state index in [0.29, 0.717) is 23.0 Å². The van der Waals surface area contributed by atoms with Crippen molar-refractivity contribution in [1.82, 2.24) is 10.3 Å². The van der Waals surface area contributed by atoms with Crippen molar-refractivity contribution in [2.45, 2.75) is 31.7 Å². The molecule has 0 radical (unpaired) electrons. The Balaban J connectivity index is 1.91. The highest BCUT2D eigenvalue weighted by molar-refractivity contribution is 7.11. The van der Waals surface area contributed by atoms with E-state index in [1.807, 2.05) is 7.05 Å². The zero-order valence-corrected chi connectivity index (χ0v) is 12.8. The standard InChI is InChI=1S/C15H16ClFN2S/c1-18-12-6-3-7-13-15(12)19-14(20-13)8-9-10(16)4-2-5-11(9)17/h2,4-5,12,18H,3,6-8H2,1H3. The van der Waals surface area contributed by atoms with Gasteiger partial charge in [-0.05, 0) is 38.4 Å². The van der Waals surface area contributed by atoms with Crippen molar-refractivity contribution in [2.75, 3.05) is 7.05 Å². The molecule has 3 rings (SSSR count). The molecule has 1 N–H and O–H groups in total. The van der Waals surface area contributed by atoms with E-state index in [2.05, 4.69) is 5.32 Å². The number of nitrogens with zero attached hydrogens (tertiary/aromatic N) is 1. The van der Waals surface area contributed by atoms with Gasteiger partial charge in [-0.3, -0.25) is 0 Å². The quantitative estimate of drug-likeness (QED) is 0.922. The first-order valence-corrected chi connectivity index (χ1v) is 7.97. The monoisotopic (exact) mass is 310 g/mol. The average Bonchev–Trinajstić information content (AvgIpc) is 2.85. The maximum Gasteiger partial charge on any atom is 0.128 e. The fourth-order valence-electron chi connectivity index (χ4n) is 2.68. The average molecular weight is 311 g/mol. The van der Waals surface area contributed by atoms with E-state index in [1.165, 1.54) is 17.4 Å². The van der Waals surface area contributed by atoms with Gasteiger partial charge in [-0.15, -0.1) is 11.3 Å². The van der Waals surface area contributed by atoms with Gasteiger partial charge in [0.25, 0.3) is 0 Å². The summed E-state index contributed by atoms with van der Waals surface area (Å²) in [4.78, 5) is 6.04. The van der Waals surface area contributed by atoms with Crippen molar-refractivity contribution in [3.63, 3.8) is 0 Å². The van der Waals surface area contributed by atoms with Gasteiger partial charge in [0.1, 0.15) is 5.82 Å². The molecule has 106 valence electrons. The van der Waals surface area contributed by atoms with Gasteiger partial charge >= 0.3 is 0 Å². The predicted octanol–water partition coefficient (Wildman–Crippen LogP) is 4.12. The summed E-state index contributed by atoms with van der Waals surface area (Å²) in [6, 6.07) is 5.14. The summed E-state index contributed by atoms with van der Waals surface area (Å²) in [5.41, 5.74) is 1.69. The molecular weight excluding hydrogens is 295 g/mol. The van der Waals surface area contributed by atoms with Crippen LogP contribution in [0.5, 0.6) is 0 Å². The maximum absolute atomic E-state index is 13.8. The summed E-state index contributed by atoms with van der Waals surface area (Å²) in [5, 5.41) is 4.73. The molecule has 0 saturated carbocycles. The van der Waals surface area contributed by atoms with E-state index in [4.69, 9.17) is 16.6 Å². The summed E-state index contributed by atoms with van der Waals surface area (Å²) in [7, 11) is 1.96. The lowest BCUT2D eigenvalue weighted by Crippen LogP contribution is -2.21. The summed E-state index contributed by atoms with van der Waals surface area (Å²) < 4.78 is 13.8. The van der Waals surface area contributed by atoms with Crippen LogP contribution in [0.2, 0.25) is 5.02 Å². The Morgan fingerprint density at radius 1 is 1.50 bits per heavy atom. The van der Waals surface area contributed by atoms with Gasteiger partial charge in [0.05, 0.1) is 16.7 Å². The van der Waals surface area contributed by atoms with Gasteiger partial charge in [-0.2, -0.15) is 0 Å². The van der Waals surface area contributed by atoms with E-state index in [0.717, 1.165) is 23.5 Å². The lowest BCUT2D eigenvalue weighted by atomic mass is 9.98. The number of aromatic nitrogens is 1. The second-order valence-corrected chi connectivity index (χ2v) is 6.60. The zero-order valence-electron chi connectivity index (χ0n) is 11.2. The van der Waals surface area contributed by atoms with Gasteiger partial charge in [-0.1, -0.05) is 17.7 Å². The number of halogens is 2. The lowest BCUT2D eigenvalue weighted by molar-refractivity contribution is 0.489. The van der Waals surface area contributed by atoms with E-state index >= 15 is 0 Å². The lowest BCUT2D eigenvalue weighted by Gasteiger charge is -2.19. The highest BCUT2D eigenvalue weighted by atomic mass is 35.5. The Hall–Kier alpha value is -0.970. The molecule has 0 amide bonds. The molecule has 20 heavy (non-hydrogen) atoms. The number of thiazole rings is 1. The van der Waals surface area contributed by atoms with Crippen LogP contribution in [0.25, 0.3) is 0 Å². The molecule has 1 aliphatic rings. The molecule has 1 heterocycles. The molecule has 5 heteroatoms. The molecule has 2 aromatic rings. The normalized spacial score (nSPS) is 18.1. The van der Waals surface area contributed by atoms with Gasteiger partial charge in [0.2, 0.25) is 0 Å².